The number of likely N-dealkylation sites (tertiary alicyclic amines) is 1. The topological polar surface area (TPSA) is 72.3 Å². The fourth-order valence-corrected chi connectivity index (χ4v) is 2.30. The van der Waals surface area contributed by atoms with Gasteiger partial charge in [0, 0.05) is 6.04 Å². The molecule has 0 aromatic rings. The number of hydrogen-bond acceptors (Lipinski definition) is 3. The molecule has 0 aromatic carbocycles. The van der Waals surface area contributed by atoms with E-state index in [1.54, 1.807) is 0 Å². The highest BCUT2D eigenvalue weighted by atomic mass is 16.1. The Balaban J connectivity index is 2.86. The first-order valence-electron chi connectivity index (χ1n) is 4.81. The molecular formula is C9H19N3O. The highest BCUT2D eigenvalue weighted by molar-refractivity contribution is 5.85. The summed E-state index contributed by atoms with van der Waals surface area (Å²) in [5, 5.41) is 0. The van der Waals surface area contributed by atoms with Gasteiger partial charge in [-0.1, -0.05) is 6.92 Å². The summed E-state index contributed by atoms with van der Waals surface area (Å²) in [6, 6.07) is 0.0961. The van der Waals surface area contributed by atoms with Crippen molar-refractivity contribution in [2.75, 3.05) is 13.6 Å². The summed E-state index contributed by atoms with van der Waals surface area (Å²) in [6.45, 7) is 3.04. The smallest absolute Gasteiger partial charge is 0.239 e. The van der Waals surface area contributed by atoms with E-state index in [1.807, 2.05) is 14.0 Å². The molecule has 0 saturated carbocycles. The molecule has 1 rings (SSSR count). The molecule has 4 nitrogen and oxygen atoms in total. The lowest BCUT2D eigenvalue weighted by Gasteiger charge is -2.44. The van der Waals surface area contributed by atoms with Crippen LogP contribution in [0.25, 0.3) is 0 Å². The van der Waals surface area contributed by atoms with Crippen molar-refractivity contribution in [3.8, 4) is 0 Å². The van der Waals surface area contributed by atoms with E-state index >= 15 is 0 Å². The van der Waals surface area contributed by atoms with Crippen LogP contribution in [0.5, 0.6) is 0 Å². The Labute approximate surface area is 79.3 Å². The zero-order chi connectivity index (χ0) is 10.1. The molecule has 2 unspecified atom stereocenters. The quantitative estimate of drug-likeness (QED) is 0.619. The van der Waals surface area contributed by atoms with E-state index in [-0.39, 0.29) is 11.9 Å². The second kappa shape index (κ2) is 3.64. The Morgan fingerprint density at radius 2 is 2.31 bits per heavy atom. The molecule has 4 heteroatoms. The number of nitrogens with two attached hydrogens (primary N) is 2. The van der Waals surface area contributed by atoms with E-state index < -0.39 is 5.54 Å². The molecule has 13 heavy (non-hydrogen) atoms. The Bertz CT molecular complexity index is 207. The average molecular weight is 185 g/mol. The fraction of sp³-hybridized carbons (Fsp3) is 0.889. The maximum absolute atomic E-state index is 11.3. The molecule has 1 amide bonds. The molecule has 4 N–H and O–H groups in total. The van der Waals surface area contributed by atoms with Gasteiger partial charge in [-0.2, -0.15) is 0 Å². The number of piperidine rings is 1. The lowest BCUT2D eigenvalue weighted by molar-refractivity contribution is -0.127. The number of nitrogens with zero attached hydrogens (tertiary/aromatic N) is 1. The number of hydrogen-bond donors (Lipinski definition) is 2. The Kier molecular flexibility index (Phi) is 2.93. The third-order valence-corrected chi connectivity index (χ3v) is 3.07. The second-order valence-electron chi connectivity index (χ2n) is 3.91. The van der Waals surface area contributed by atoms with Gasteiger partial charge in [-0.3, -0.25) is 4.79 Å². The molecule has 76 valence electrons. The van der Waals surface area contributed by atoms with Gasteiger partial charge in [-0.05, 0) is 32.9 Å². The van der Waals surface area contributed by atoms with Crippen molar-refractivity contribution in [3.05, 3.63) is 0 Å². The average Bonchev–Trinajstić information content (AvgIpc) is 2.04. The van der Waals surface area contributed by atoms with Gasteiger partial charge >= 0.3 is 0 Å². The summed E-state index contributed by atoms with van der Waals surface area (Å²) in [4.78, 5) is 13.4. The van der Waals surface area contributed by atoms with Crippen molar-refractivity contribution in [2.45, 2.75) is 37.8 Å². The minimum Gasteiger partial charge on any atom is -0.368 e. The van der Waals surface area contributed by atoms with E-state index in [1.165, 1.54) is 0 Å². The first-order chi connectivity index (χ1) is 6.02. The highest BCUT2D eigenvalue weighted by Crippen LogP contribution is 2.26. The molecule has 0 radical (unpaired) electrons. The molecule has 0 bridgehead atoms. The summed E-state index contributed by atoms with van der Waals surface area (Å²) in [6.07, 6.45) is 2.54. The summed E-state index contributed by atoms with van der Waals surface area (Å²) < 4.78 is 0. The third-order valence-electron chi connectivity index (χ3n) is 3.07. The molecule has 1 aliphatic heterocycles. The summed E-state index contributed by atoms with van der Waals surface area (Å²) in [7, 11) is 2.00. The number of likely N-dealkylation sites (N-methyl/N-ethyl adjacent to an activating group) is 1. The first-order valence-corrected chi connectivity index (χ1v) is 4.81. The number of carbonyl (C=O) groups is 1. The molecule has 2 atom stereocenters. The van der Waals surface area contributed by atoms with E-state index in [4.69, 9.17) is 11.5 Å². The van der Waals surface area contributed by atoms with Crippen molar-refractivity contribution in [1.29, 1.82) is 0 Å². The largest absolute Gasteiger partial charge is 0.368 e. The van der Waals surface area contributed by atoms with Gasteiger partial charge in [0.25, 0.3) is 0 Å². The number of amides is 1. The molecule has 0 spiro atoms. The van der Waals surface area contributed by atoms with Crippen LogP contribution in [-0.4, -0.2) is 36.0 Å². The van der Waals surface area contributed by atoms with E-state index in [0.29, 0.717) is 6.42 Å². The highest BCUT2D eigenvalue weighted by Gasteiger charge is 2.43. The van der Waals surface area contributed by atoms with Crippen molar-refractivity contribution >= 4 is 5.91 Å². The minimum absolute atomic E-state index is 0.0961. The molecule has 0 aliphatic carbocycles. The Hall–Kier alpha value is -0.610. The number of primary amides is 1. The van der Waals surface area contributed by atoms with Gasteiger partial charge in [0.05, 0.1) is 0 Å². The first kappa shape index (κ1) is 10.5. The molecule has 1 fully saturated rings. The van der Waals surface area contributed by atoms with Crippen molar-refractivity contribution in [2.24, 2.45) is 11.5 Å². The predicted octanol–water partition coefficient (Wildman–Crippen LogP) is -0.327. The number of rotatable bonds is 2. The van der Waals surface area contributed by atoms with Gasteiger partial charge in [0.1, 0.15) is 5.54 Å². The second-order valence-corrected chi connectivity index (χ2v) is 3.91. The maximum atomic E-state index is 11.3. The van der Waals surface area contributed by atoms with Crippen LogP contribution in [-0.2, 0) is 4.79 Å². The van der Waals surface area contributed by atoms with Crippen LogP contribution in [0.2, 0.25) is 0 Å². The van der Waals surface area contributed by atoms with Crippen molar-refractivity contribution in [1.82, 2.24) is 4.90 Å². The van der Waals surface area contributed by atoms with Crippen molar-refractivity contribution in [3.63, 3.8) is 0 Å². The van der Waals surface area contributed by atoms with E-state index in [2.05, 4.69) is 4.90 Å². The van der Waals surface area contributed by atoms with Crippen LogP contribution in [0.15, 0.2) is 0 Å². The van der Waals surface area contributed by atoms with E-state index in [9.17, 15) is 4.79 Å². The molecule has 1 saturated heterocycles. The lowest BCUT2D eigenvalue weighted by Crippen LogP contribution is -2.67. The van der Waals surface area contributed by atoms with Crippen LogP contribution in [0.1, 0.15) is 26.2 Å². The molecule has 1 heterocycles. The Morgan fingerprint density at radius 3 is 2.69 bits per heavy atom. The van der Waals surface area contributed by atoms with Crippen LogP contribution in [0.4, 0.5) is 0 Å². The Morgan fingerprint density at radius 1 is 1.69 bits per heavy atom. The van der Waals surface area contributed by atoms with Crippen molar-refractivity contribution < 1.29 is 4.79 Å². The summed E-state index contributed by atoms with van der Waals surface area (Å²) in [5.41, 5.74) is 10.6. The van der Waals surface area contributed by atoms with Gasteiger partial charge in [0.15, 0.2) is 0 Å². The van der Waals surface area contributed by atoms with Gasteiger partial charge < -0.3 is 16.4 Å². The minimum atomic E-state index is -0.818. The summed E-state index contributed by atoms with van der Waals surface area (Å²) >= 11 is 0. The third kappa shape index (κ3) is 1.69. The fourth-order valence-electron chi connectivity index (χ4n) is 2.30. The van der Waals surface area contributed by atoms with Crippen LogP contribution < -0.4 is 11.5 Å². The molecule has 0 aromatic heterocycles. The predicted molar refractivity (Wildman–Crippen MR) is 52.1 cm³/mol. The summed E-state index contributed by atoms with van der Waals surface area (Å²) in [5.74, 6) is -0.370. The maximum Gasteiger partial charge on any atom is 0.239 e. The molecular weight excluding hydrogens is 166 g/mol. The van der Waals surface area contributed by atoms with Gasteiger partial charge in [-0.15, -0.1) is 0 Å². The number of carbonyl (C=O) groups excluding carboxylic acids is 1. The normalized spacial score (nSPS) is 36.1. The molecule has 1 aliphatic rings. The standard InChI is InChI=1S/C9H19N3O/c1-3-7-9(11,8(10)13)5-4-6-12(7)2/h7H,3-6,11H2,1-2H3,(H2,10,13). The van der Waals surface area contributed by atoms with Crippen LogP contribution in [0.3, 0.4) is 0 Å². The van der Waals surface area contributed by atoms with Crippen LogP contribution >= 0.6 is 0 Å². The SMILES string of the molecule is CCC1N(C)CCCC1(N)C(N)=O. The van der Waals surface area contributed by atoms with E-state index in [0.717, 1.165) is 19.4 Å². The van der Waals surface area contributed by atoms with Gasteiger partial charge in [-0.25, -0.2) is 0 Å². The monoisotopic (exact) mass is 185 g/mol. The zero-order valence-corrected chi connectivity index (χ0v) is 8.42. The lowest BCUT2D eigenvalue weighted by atomic mass is 9.80. The van der Waals surface area contributed by atoms with Gasteiger partial charge in [0.2, 0.25) is 5.91 Å². The zero-order valence-electron chi connectivity index (χ0n) is 8.42. The van der Waals surface area contributed by atoms with Crippen LogP contribution in [0, 0.1) is 0 Å².